The average Bonchev–Trinajstić information content (AvgIpc) is 2.65. The maximum Gasteiger partial charge on any atom is 0.191 e. The van der Waals surface area contributed by atoms with Crippen LogP contribution in [0.1, 0.15) is 18.9 Å². The summed E-state index contributed by atoms with van der Waals surface area (Å²) in [6, 6.07) is 10.6. The molecule has 0 atom stereocenters. The molecule has 25 heavy (non-hydrogen) atoms. The molecule has 0 unspecified atom stereocenters. The lowest BCUT2D eigenvalue weighted by molar-refractivity contribution is 0.139. The molecule has 1 aromatic rings. The van der Waals surface area contributed by atoms with Crippen molar-refractivity contribution in [2.24, 2.45) is 4.99 Å². The highest BCUT2D eigenvalue weighted by Gasteiger charge is 2.14. The molecular weight excluding hydrogens is 425 g/mol. The number of hydrogen-bond donors (Lipinski definition) is 2. The van der Waals surface area contributed by atoms with E-state index in [0.717, 1.165) is 38.4 Å². The van der Waals surface area contributed by atoms with Crippen molar-refractivity contribution < 1.29 is 0 Å². The monoisotopic (exact) mass is 459 g/mol. The van der Waals surface area contributed by atoms with Gasteiger partial charge < -0.3 is 15.5 Å². The molecule has 0 aromatic heterocycles. The summed E-state index contributed by atoms with van der Waals surface area (Å²) in [6.07, 6.45) is 2.22. The van der Waals surface area contributed by atoms with Gasteiger partial charge in [-0.2, -0.15) is 0 Å². The van der Waals surface area contributed by atoms with E-state index in [0.29, 0.717) is 0 Å². The summed E-state index contributed by atoms with van der Waals surface area (Å²) in [5, 5.41) is 6.83. The predicted octanol–water partition coefficient (Wildman–Crippen LogP) is 2.04. The number of aliphatic imine (C=N–C) groups is 1. The molecule has 1 fully saturated rings. The number of nitrogens with one attached hydrogen (secondary N) is 2. The molecule has 1 saturated heterocycles. The molecule has 0 aliphatic carbocycles. The van der Waals surface area contributed by atoms with Crippen molar-refractivity contribution in [2.45, 2.75) is 19.8 Å². The Morgan fingerprint density at radius 3 is 2.28 bits per heavy atom. The number of likely N-dealkylation sites (N-methyl/N-ethyl adjacent to an activating group) is 1. The normalized spacial score (nSPS) is 16.3. The van der Waals surface area contributed by atoms with Gasteiger partial charge in [0, 0.05) is 52.9 Å². The van der Waals surface area contributed by atoms with Gasteiger partial charge in [0.2, 0.25) is 0 Å². The van der Waals surface area contributed by atoms with E-state index in [9.17, 15) is 0 Å². The van der Waals surface area contributed by atoms with E-state index >= 15 is 0 Å². The highest BCUT2D eigenvalue weighted by molar-refractivity contribution is 14.0. The lowest BCUT2D eigenvalue weighted by Gasteiger charge is -2.34. The van der Waals surface area contributed by atoms with Crippen LogP contribution in [0.15, 0.2) is 35.3 Å². The second kappa shape index (κ2) is 13.4. The quantitative estimate of drug-likeness (QED) is 0.270. The van der Waals surface area contributed by atoms with Crippen LogP contribution in [0.4, 0.5) is 0 Å². The lowest BCUT2D eigenvalue weighted by Crippen LogP contribution is -2.49. The van der Waals surface area contributed by atoms with Gasteiger partial charge in [0.25, 0.3) is 0 Å². The first-order valence-corrected chi connectivity index (χ1v) is 9.25. The van der Waals surface area contributed by atoms with Crippen LogP contribution in [-0.2, 0) is 6.42 Å². The third-order valence-corrected chi connectivity index (χ3v) is 4.63. The van der Waals surface area contributed by atoms with Crippen molar-refractivity contribution in [2.75, 3.05) is 59.4 Å². The summed E-state index contributed by atoms with van der Waals surface area (Å²) in [7, 11) is 1.84. The molecule has 0 bridgehead atoms. The number of rotatable bonds is 8. The lowest BCUT2D eigenvalue weighted by atomic mass is 10.1. The van der Waals surface area contributed by atoms with Gasteiger partial charge >= 0.3 is 0 Å². The minimum Gasteiger partial charge on any atom is -0.356 e. The van der Waals surface area contributed by atoms with Gasteiger partial charge in [0.15, 0.2) is 5.96 Å². The van der Waals surface area contributed by atoms with Gasteiger partial charge in [0.05, 0.1) is 0 Å². The smallest absolute Gasteiger partial charge is 0.191 e. The summed E-state index contributed by atoms with van der Waals surface area (Å²) in [5.74, 6) is 0.912. The molecule has 6 heteroatoms. The van der Waals surface area contributed by atoms with Gasteiger partial charge in [-0.15, -0.1) is 24.0 Å². The highest BCUT2D eigenvalue weighted by atomic mass is 127. The molecule has 1 heterocycles. The van der Waals surface area contributed by atoms with Gasteiger partial charge in [-0.05, 0) is 24.9 Å². The average molecular weight is 459 g/mol. The van der Waals surface area contributed by atoms with Gasteiger partial charge in [-0.25, -0.2) is 0 Å². The van der Waals surface area contributed by atoms with E-state index in [1.807, 2.05) is 7.05 Å². The third-order valence-electron chi connectivity index (χ3n) is 4.63. The molecule has 142 valence electrons. The van der Waals surface area contributed by atoms with Gasteiger partial charge in [0.1, 0.15) is 0 Å². The molecular formula is C19H34IN5. The number of nitrogens with zero attached hydrogens (tertiary/aromatic N) is 3. The molecule has 0 saturated carbocycles. The van der Waals surface area contributed by atoms with Crippen LogP contribution in [0.3, 0.4) is 0 Å². The maximum atomic E-state index is 4.31. The Balaban J connectivity index is 0.00000312. The molecule has 1 aliphatic rings. The molecule has 0 spiro atoms. The SMILES string of the molecule is CCN1CCN(CCNC(=NC)NCCCc2ccccc2)CC1.I. The molecule has 0 radical (unpaired) electrons. The fourth-order valence-electron chi connectivity index (χ4n) is 3.03. The van der Waals surface area contributed by atoms with E-state index in [1.165, 1.54) is 38.3 Å². The van der Waals surface area contributed by atoms with Crippen LogP contribution in [-0.4, -0.2) is 75.2 Å². The fourth-order valence-corrected chi connectivity index (χ4v) is 3.03. The minimum absolute atomic E-state index is 0. The van der Waals surface area contributed by atoms with Crippen molar-refractivity contribution in [3.05, 3.63) is 35.9 Å². The Kier molecular flexibility index (Phi) is 11.9. The zero-order chi connectivity index (χ0) is 17.0. The van der Waals surface area contributed by atoms with Gasteiger partial charge in [-0.1, -0.05) is 37.3 Å². The number of benzene rings is 1. The van der Waals surface area contributed by atoms with E-state index in [-0.39, 0.29) is 24.0 Å². The third kappa shape index (κ3) is 8.87. The summed E-state index contributed by atoms with van der Waals surface area (Å²) in [5.41, 5.74) is 1.40. The van der Waals surface area contributed by atoms with Crippen molar-refractivity contribution >= 4 is 29.9 Å². The van der Waals surface area contributed by atoms with Crippen LogP contribution >= 0.6 is 24.0 Å². The highest BCUT2D eigenvalue weighted by Crippen LogP contribution is 2.01. The van der Waals surface area contributed by atoms with Crippen LogP contribution in [0.25, 0.3) is 0 Å². The van der Waals surface area contributed by atoms with Crippen LogP contribution in [0.5, 0.6) is 0 Å². The molecule has 5 nitrogen and oxygen atoms in total. The van der Waals surface area contributed by atoms with Crippen molar-refractivity contribution in [1.29, 1.82) is 0 Å². The molecule has 2 rings (SSSR count). The fraction of sp³-hybridized carbons (Fsp3) is 0.632. The number of piperazine rings is 1. The summed E-state index contributed by atoms with van der Waals surface area (Å²) >= 11 is 0. The Hall–Kier alpha value is -0.860. The first-order valence-electron chi connectivity index (χ1n) is 9.25. The molecule has 1 aromatic carbocycles. The van der Waals surface area contributed by atoms with Crippen LogP contribution < -0.4 is 10.6 Å². The standard InChI is InChI=1S/C19H33N5.HI/c1-3-23-14-16-24(17-15-23)13-12-22-19(20-2)21-11-7-10-18-8-5-4-6-9-18;/h4-6,8-9H,3,7,10-17H2,1-2H3,(H2,20,21,22);1H. The minimum atomic E-state index is 0. The second-order valence-corrected chi connectivity index (χ2v) is 6.29. The van der Waals surface area contributed by atoms with E-state index < -0.39 is 0 Å². The zero-order valence-corrected chi connectivity index (χ0v) is 18.0. The zero-order valence-electron chi connectivity index (χ0n) is 15.7. The van der Waals surface area contributed by atoms with Crippen LogP contribution in [0.2, 0.25) is 0 Å². The molecule has 0 amide bonds. The largest absolute Gasteiger partial charge is 0.356 e. The summed E-state index contributed by atoms with van der Waals surface area (Å²) < 4.78 is 0. The Morgan fingerprint density at radius 2 is 1.64 bits per heavy atom. The van der Waals surface area contributed by atoms with Crippen molar-refractivity contribution in [1.82, 2.24) is 20.4 Å². The first kappa shape index (κ1) is 22.2. The predicted molar refractivity (Wildman–Crippen MR) is 118 cm³/mol. The Labute approximate surface area is 170 Å². The van der Waals surface area contributed by atoms with E-state index in [2.05, 4.69) is 62.7 Å². The number of halogens is 1. The van der Waals surface area contributed by atoms with Gasteiger partial charge in [-0.3, -0.25) is 9.89 Å². The summed E-state index contributed by atoms with van der Waals surface area (Å²) in [6.45, 7) is 11.1. The van der Waals surface area contributed by atoms with E-state index in [4.69, 9.17) is 0 Å². The maximum absolute atomic E-state index is 4.31. The molecule has 2 N–H and O–H groups in total. The number of guanidine groups is 1. The molecule has 1 aliphatic heterocycles. The first-order chi connectivity index (χ1) is 11.8. The Morgan fingerprint density at radius 1 is 1.00 bits per heavy atom. The van der Waals surface area contributed by atoms with Crippen molar-refractivity contribution in [3.63, 3.8) is 0 Å². The topological polar surface area (TPSA) is 42.9 Å². The van der Waals surface area contributed by atoms with Crippen molar-refractivity contribution in [3.8, 4) is 0 Å². The van der Waals surface area contributed by atoms with Crippen LogP contribution in [0, 0.1) is 0 Å². The number of aryl methyl sites for hydroxylation is 1. The number of hydrogen-bond acceptors (Lipinski definition) is 3. The summed E-state index contributed by atoms with van der Waals surface area (Å²) in [4.78, 5) is 9.35. The second-order valence-electron chi connectivity index (χ2n) is 6.29. The van der Waals surface area contributed by atoms with E-state index in [1.54, 1.807) is 0 Å². The Bertz CT molecular complexity index is 472.